The number of aromatic nitrogens is 2. The number of nitrogens with zero attached hydrogens (tertiary/aromatic N) is 2. The lowest BCUT2D eigenvalue weighted by Crippen LogP contribution is -2.46. The Morgan fingerprint density at radius 2 is 2.16 bits per heavy atom. The van der Waals surface area contributed by atoms with Crippen molar-refractivity contribution < 1.29 is 8.42 Å². The largest absolute Gasteiger partial charge is 0.336 e. The molecule has 2 rings (SSSR count). The molecule has 1 heterocycles. The van der Waals surface area contributed by atoms with Crippen LogP contribution in [0.15, 0.2) is 17.6 Å². The quantitative estimate of drug-likeness (QED) is 0.803. The molecule has 1 aromatic rings. The molecule has 19 heavy (non-hydrogen) atoms. The molecule has 0 spiro atoms. The van der Waals surface area contributed by atoms with Crippen molar-refractivity contribution in [2.24, 2.45) is 5.73 Å². The molecular weight excluding hydrogens is 264 g/mol. The van der Waals surface area contributed by atoms with Crippen LogP contribution in [-0.2, 0) is 16.6 Å². The minimum absolute atomic E-state index is 0.0748. The maximum absolute atomic E-state index is 12.2. The van der Waals surface area contributed by atoms with Gasteiger partial charge in [-0.15, -0.1) is 0 Å². The summed E-state index contributed by atoms with van der Waals surface area (Å²) in [6, 6.07) is -0.287. The third kappa shape index (κ3) is 3.55. The molecule has 0 bridgehead atoms. The number of rotatable bonds is 4. The summed E-state index contributed by atoms with van der Waals surface area (Å²) < 4.78 is 28.9. The lowest BCUT2D eigenvalue weighted by molar-refractivity contribution is 0.455. The highest BCUT2D eigenvalue weighted by Crippen LogP contribution is 2.18. The SMILES string of the molecule is CCn1cnc(S(=O)(=O)NC2CCCCCC2N)c1. The van der Waals surface area contributed by atoms with Gasteiger partial charge in [0, 0.05) is 24.8 Å². The van der Waals surface area contributed by atoms with Gasteiger partial charge in [0.25, 0.3) is 10.0 Å². The van der Waals surface area contributed by atoms with Crippen molar-refractivity contribution >= 4 is 10.0 Å². The average molecular weight is 286 g/mol. The summed E-state index contributed by atoms with van der Waals surface area (Å²) in [6.45, 7) is 2.64. The molecule has 1 aliphatic carbocycles. The highest BCUT2D eigenvalue weighted by molar-refractivity contribution is 7.89. The predicted octanol–water partition coefficient (Wildman–Crippen LogP) is 0.841. The van der Waals surface area contributed by atoms with Gasteiger partial charge < -0.3 is 10.3 Å². The van der Waals surface area contributed by atoms with Crippen LogP contribution in [0.5, 0.6) is 0 Å². The van der Waals surface area contributed by atoms with E-state index in [-0.39, 0.29) is 17.1 Å². The van der Waals surface area contributed by atoms with Gasteiger partial charge in [-0.25, -0.2) is 18.1 Å². The fraction of sp³-hybridized carbons (Fsp3) is 0.750. The summed E-state index contributed by atoms with van der Waals surface area (Å²) in [5.41, 5.74) is 6.04. The lowest BCUT2D eigenvalue weighted by Gasteiger charge is -2.21. The number of aryl methyl sites for hydroxylation is 1. The van der Waals surface area contributed by atoms with E-state index in [1.54, 1.807) is 10.8 Å². The van der Waals surface area contributed by atoms with E-state index in [1.807, 2.05) is 6.92 Å². The van der Waals surface area contributed by atoms with Crippen LogP contribution < -0.4 is 10.5 Å². The maximum atomic E-state index is 12.2. The van der Waals surface area contributed by atoms with Gasteiger partial charge in [-0.3, -0.25) is 0 Å². The van der Waals surface area contributed by atoms with Crippen molar-refractivity contribution in [1.29, 1.82) is 0 Å². The van der Waals surface area contributed by atoms with E-state index < -0.39 is 10.0 Å². The molecule has 0 aromatic carbocycles. The second-order valence-electron chi connectivity index (χ2n) is 5.07. The number of hydrogen-bond acceptors (Lipinski definition) is 4. The van der Waals surface area contributed by atoms with Gasteiger partial charge in [0.05, 0.1) is 6.33 Å². The van der Waals surface area contributed by atoms with Crippen LogP contribution in [0.1, 0.15) is 39.0 Å². The Kier molecular flexibility index (Phi) is 4.59. The molecule has 1 aliphatic rings. The molecule has 1 fully saturated rings. The molecule has 1 saturated carbocycles. The van der Waals surface area contributed by atoms with E-state index in [4.69, 9.17) is 5.73 Å². The van der Waals surface area contributed by atoms with Gasteiger partial charge in [-0.05, 0) is 19.8 Å². The third-order valence-corrected chi connectivity index (χ3v) is 5.00. The van der Waals surface area contributed by atoms with Crippen molar-refractivity contribution in [3.05, 3.63) is 12.5 Å². The molecule has 3 N–H and O–H groups in total. The average Bonchev–Trinajstić information content (AvgIpc) is 2.78. The number of hydrogen-bond donors (Lipinski definition) is 2. The molecule has 0 radical (unpaired) electrons. The van der Waals surface area contributed by atoms with E-state index in [0.29, 0.717) is 6.54 Å². The highest BCUT2D eigenvalue weighted by atomic mass is 32.2. The Morgan fingerprint density at radius 3 is 2.84 bits per heavy atom. The molecular formula is C12H22N4O2S. The number of nitrogens with two attached hydrogens (primary N) is 1. The van der Waals surface area contributed by atoms with Gasteiger partial charge in [0.15, 0.2) is 5.03 Å². The van der Waals surface area contributed by atoms with Crippen molar-refractivity contribution in [3.63, 3.8) is 0 Å². The molecule has 2 atom stereocenters. The van der Waals surface area contributed by atoms with Crippen LogP contribution >= 0.6 is 0 Å². The highest BCUT2D eigenvalue weighted by Gasteiger charge is 2.27. The first-order valence-corrected chi connectivity index (χ1v) is 8.31. The minimum Gasteiger partial charge on any atom is -0.336 e. The van der Waals surface area contributed by atoms with Gasteiger partial charge in [-0.2, -0.15) is 0 Å². The Labute approximate surface area is 114 Å². The van der Waals surface area contributed by atoms with E-state index in [0.717, 1.165) is 32.1 Å². The van der Waals surface area contributed by atoms with E-state index >= 15 is 0 Å². The molecule has 1 aromatic heterocycles. The maximum Gasteiger partial charge on any atom is 0.259 e. The second kappa shape index (κ2) is 6.02. The lowest BCUT2D eigenvalue weighted by atomic mass is 10.1. The number of sulfonamides is 1. The molecule has 2 unspecified atom stereocenters. The molecule has 0 saturated heterocycles. The van der Waals surface area contributed by atoms with Crippen molar-refractivity contribution in [2.75, 3.05) is 0 Å². The summed E-state index contributed by atoms with van der Waals surface area (Å²) in [7, 11) is -3.56. The van der Waals surface area contributed by atoms with Crippen molar-refractivity contribution in [3.8, 4) is 0 Å². The first-order chi connectivity index (χ1) is 9.03. The van der Waals surface area contributed by atoms with Gasteiger partial charge in [0.2, 0.25) is 0 Å². The standard InChI is InChI=1S/C12H22N4O2S/c1-2-16-8-12(14-9-16)19(17,18)15-11-7-5-3-4-6-10(11)13/h8-11,15H,2-7,13H2,1H3. The van der Waals surface area contributed by atoms with Gasteiger partial charge in [0.1, 0.15) is 0 Å². The predicted molar refractivity (Wildman–Crippen MR) is 73.1 cm³/mol. The zero-order chi connectivity index (χ0) is 13.9. The molecule has 0 aliphatic heterocycles. The summed E-state index contributed by atoms with van der Waals surface area (Å²) in [6.07, 6.45) is 7.96. The molecule has 6 nitrogen and oxygen atoms in total. The Bertz CT molecular complexity index is 512. The first kappa shape index (κ1) is 14.5. The van der Waals surface area contributed by atoms with Crippen LogP contribution in [0.4, 0.5) is 0 Å². The zero-order valence-electron chi connectivity index (χ0n) is 11.2. The fourth-order valence-electron chi connectivity index (χ4n) is 2.39. The molecule has 0 amide bonds. The van der Waals surface area contributed by atoms with Gasteiger partial charge in [-0.1, -0.05) is 19.3 Å². The van der Waals surface area contributed by atoms with E-state index in [2.05, 4.69) is 9.71 Å². The Balaban J connectivity index is 2.11. The topological polar surface area (TPSA) is 90.0 Å². The minimum atomic E-state index is -3.56. The monoisotopic (exact) mass is 286 g/mol. The van der Waals surface area contributed by atoms with Crippen molar-refractivity contribution in [1.82, 2.24) is 14.3 Å². The smallest absolute Gasteiger partial charge is 0.259 e. The molecule has 108 valence electrons. The number of imidazole rings is 1. The van der Waals surface area contributed by atoms with E-state index in [1.165, 1.54) is 6.33 Å². The van der Waals surface area contributed by atoms with Crippen LogP contribution in [0.3, 0.4) is 0 Å². The fourth-order valence-corrected chi connectivity index (χ4v) is 3.67. The third-order valence-electron chi connectivity index (χ3n) is 3.63. The summed E-state index contributed by atoms with van der Waals surface area (Å²) >= 11 is 0. The normalized spacial score (nSPS) is 25.2. The summed E-state index contributed by atoms with van der Waals surface area (Å²) in [4.78, 5) is 3.94. The van der Waals surface area contributed by atoms with Gasteiger partial charge >= 0.3 is 0 Å². The van der Waals surface area contributed by atoms with E-state index in [9.17, 15) is 8.42 Å². The first-order valence-electron chi connectivity index (χ1n) is 6.82. The molecule has 7 heteroatoms. The Morgan fingerprint density at radius 1 is 1.42 bits per heavy atom. The summed E-state index contributed by atoms with van der Waals surface area (Å²) in [5, 5.41) is 0.0748. The van der Waals surface area contributed by atoms with Crippen LogP contribution in [0.25, 0.3) is 0 Å². The second-order valence-corrected chi connectivity index (χ2v) is 6.73. The Hall–Kier alpha value is -0.920. The number of nitrogens with one attached hydrogen (secondary N) is 1. The van der Waals surface area contributed by atoms with Crippen LogP contribution in [0, 0.1) is 0 Å². The zero-order valence-corrected chi connectivity index (χ0v) is 12.1. The van der Waals surface area contributed by atoms with Crippen molar-refractivity contribution in [2.45, 2.75) is 62.7 Å². The van der Waals surface area contributed by atoms with Crippen LogP contribution in [0.2, 0.25) is 0 Å². The van der Waals surface area contributed by atoms with Crippen LogP contribution in [-0.4, -0.2) is 30.1 Å². The summed E-state index contributed by atoms with van der Waals surface area (Å²) in [5.74, 6) is 0.